The van der Waals surface area contributed by atoms with Gasteiger partial charge in [-0.3, -0.25) is 4.79 Å². The van der Waals surface area contributed by atoms with Gasteiger partial charge in [0.25, 0.3) is 0 Å². The second kappa shape index (κ2) is 7.26. The van der Waals surface area contributed by atoms with Crippen LogP contribution < -0.4 is 4.72 Å². The van der Waals surface area contributed by atoms with Crippen LogP contribution in [0.4, 0.5) is 0 Å². The molecule has 1 aromatic rings. The summed E-state index contributed by atoms with van der Waals surface area (Å²) in [6.07, 6.45) is 1.58. The van der Waals surface area contributed by atoms with E-state index in [-0.39, 0.29) is 21.4 Å². The van der Waals surface area contributed by atoms with E-state index in [0.29, 0.717) is 6.42 Å². The van der Waals surface area contributed by atoms with Crippen LogP contribution in [0.15, 0.2) is 23.1 Å². The number of carboxylic acid groups (broad SMARTS) is 1. The molecular formula is C12H15Cl2NO4S. The molecule has 0 fully saturated rings. The predicted molar refractivity (Wildman–Crippen MR) is 77.7 cm³/mol. The number of hydrogen-bond donors (Lipinski definition) is 2. The van der Waals surface area contributed by atoms with Crippen LogP contribution in [0.2, 0.25) is 10.0 Å². The van der Waals surface area contributed by atoms with E-state index in [4.69, 9.17) is 28.3 Å². The third-order valence-electron chi connectivity index (χ3n) is 2.62. The van der Waals surface area contributed by atoms with Crippen molar-refractivity contribution in [1.29, 1.82) is 0 Å². The monoisotopic (exact) mass is 339 g/mol. The van der Waals surface area contributed by atoms with E-state index in [1.165, 1.54) is 18.2 Å². The molecule has 1 aromatic carbocycles. The summed E-state index contributed by atoms with van der Waals surface area (Å²) in [6, 6.07) is 2.80. The zero-order valence-corrected chi connectivity index (χ0v) is 13.1. The van der Waals surface area contributed by atoms with E-state index in [1.54, 1.807) is 0 Å². The summed E-state index contributed by atoms with van der Waals surface area (Å²) in [5, 5.41) is 9.24. The minimum absolute atomic E-state index is 0.0125. The summed E-state index contributed by atoms with van der Waals surface area (Å²) in [6.45, 7) is 1.89. The lowest BCUT2D eigenvalue weighted by Gasteiger charge is -2.15. The van der Waals surface area contributed by atoms with Crippen LogP contribution in [-0.4, -0.2) is 25.5 Å². The number of hydrogen-bond acceptors (Lipinski definition) is 3. The first-order valence-corrected chi connectivity index (χ1v) is 8.22. The molecule has 0 amide bonds. The van der Waals surface area contributed by atoms with Gasteiger partial charge in [-0.15, -0.1) is 0 Å². The first-order chi connectivity index (χ1) is 9.27. The standard InChI is InChI=1S/C12H15Cl2NO4S/c1-2-3-4-10(12(16)17)15-20(18,19)11-7-8(13)5-6-9(11)14/h5-7,10,15H,2-4H2,1H3,(H,16,17). The third-order valence-corrected chi connectivity index (χ3v) is 4.81. The highest BCUT2D eigenvalue weighted by Gasteiger charge is 2.26. The number of unbranched alkanes of at least 4 members (excludes halogenated alkanes) is 1. The van der Waals surface area contributed by atoms with Gasteiger partial charge in [-0.25, -0.2) is 8.42 Å². The Morgan fingerprint density at radius 1 is 1.40 bits per heavy atom. The molecule has 0 aliphatic carbocycles. The maximum atomic E-state index is 12.2. The fourth-order valence-corrected chi connectivity index (χ4v) is 3.56. The highest BCUT2D eigenvalue weighted by molar-refractivity contribution is 7.89. The molecule has 0 heterocycles. The van der Waals surface area contributed by atoms with Crippen molar-refractivity contribution < 1.29 is 18.3 Å². The Balaban J connectivity index is 3.03. The summed E-state index contributed by atoms with van der Waals surface area (Å²) >= 11 is 11.6. The SMILES string of the molecule is CCCCC(NS(=O)(=O)c1cc(Cl)ccc1Cl)C(=O)O. The van der Waals surface area contributed by atoms with Gasteiger partial charge in [-0.05, 0) is 24.6 Å². The molecule has 0 spiro atoms. The second-order valence-corrected chi connectivity index (χ2v) is 6.76. The van der Waals surface area contributed by atoms with E-state index in [2.05, 4.69) is 4.72 Å². The minimum Gasteiger partial charge on any atom is -0.480 e. The van der Waals surface area contributed by atoms with Gasteiger partial charge in [0.05, 0.1) is 5.02 Å². The van der Waals surface area contributed by atoms with Crippen LogP contribution in [0.5, 0.6) is 0 Å². The molecule has 1 rings (SSSR count). The predicted octanol–water partition coefficient (Wildman–Crippen LogP) is 2.92. The van der Waals surface area contributed by atoms with Crippen LogP contribution in [-0.2, 0) is 14.8 Å². The molecule has 0 aliphatic heterocycles. The number of sulfonamides is 1. The largest absolute Gasteiger partial charge is 0.480 e. The number of carbonyl (C=O) groups is 1. The van der Waals surface area contributed by atoms with Gasteiger partial charge in [-0.1, -0.05) is 43.0 Å². The molecule has 0 saturated carbocycles. The van der Waals surface area contributed by atoms with Gasteiger partial charge in [-0.2, -0.15) is 4.72 Å². The van der Waals surface area contributed by atoms with Crippen molar-refractivity contribution in [1.82, 2.24) is 4.72 Å². The van der Waals surface area contributed by atoms with Crippen LogP contribution >= 0.6 is 23.2 Å². The summed E-state index contributed by atoms with van der Waals surface area (Å²) in [4.78, 5) is 10.9. The smallest absolute Gasteiger partial charge is 0.321 e. The van der Waals surface area contributed by atoms with E-state index in [1.807, 2.05) is 6.92 Å². The van der Waals surface area contributed by atoms with Crippen LogP contribution in [0, 0.1) is 0 Å². The van der Waals surface area contributed by atoms with Gasteiger partial charge in [0.15, 0.2) is 0 Å². The lowest BCUT2D eigenvalue weighted by atomic mass is 10.1. The van der Waals surface area contributed by atoms with Crippen LogP contribution in [0.1, 0.15) is 26.2 Å². The lowest BCUT2D eigenvalue weighted by Crippen LogP contribution is -2.40. The Morgan fingerprint density at radius 3 is 2.60 bits per heavy atom. The zero-order valence-electron chi connectivity index (χ0n) is 10.8. The molecule has 5 nitrogen and oxygen atoms in total. The van der Waals surface area contributed by atoms with Crippen molar-refractivity contribution in [2.75, 3.05) is 0 Å². The summed E-state index contributed by atoms with van der Waals surface area (Å²) in [5.41, 5.74) is 0. The van der Waals surface area contributed by atoms with E-state index in [9.17, 15) is 13.2 Å². The molecule has 2 N–H and O–H groups in total. The van der Waals surface area contributed by atoms with Crippen molar-refractivity contribution in [2.45, 2.75) is 37.1 Å². The topological polar surface area (TPSA) is 83.5 Å². The summed E-state index contributed by atoms with van der Waals surface area (Å²) < 4.78 is 26.5. The van der Waals surface area contributed by atoms with Gasteiger partial charge in [0, 0.05) is 5.02 Å². The maximum Gasteiger partial charge on any atom is 0.321 e. The Kier molecular flexibility index (Phi) is 6.26. The van der Waals surface area contributed by atoms with Crippen LogP contribution in [0.3, 0.4) is 0 Å². The molecule has 8 heteroatoms. The number of carboxylic acids is 1. The van der Waals surface area contributed by atoms with E-state index >= 15 is 0 Å². The fourth-order valence-electron chi connectivity index (χ4n) is 1.57. The molecule has 20 heavy (non-hydrogen) atoms. The number of rotatable bonds is 7. The molecule has 0 aromatic heterocycles. The third kappa shape index (κ3) is 4.63. The molecule has 0 radical (unpaired) electrons. The van der Waals surface area contributed by atoms with E-state index < -0.39 is 22.0 Å². The second-order valence-electron chi connectivity index (χ2n) is 4.23. The molecular weight excluding hydrogens is 325 g/mol. The quantitative estimate of drug-likeness (QED) is 0.799. The normalized spacial score (nSPS) is 13.2. The van der Waals surface area contributed by atoms with Gasteiger partial charge in [0.2, 0.25) is 10.0 Å². The minimum atomic E-state index is -4.04. The van der Waals surface area contributed by atoms with Gasteiger partial charge < -0.3 is 5.11 Å². The summed E-state index contributed by atoms with van der Waals surface area (Å²) in [7, 11) is -4.04. The molecule has 112 valence electrons. The average Bonchev–Trinajstić information content (AvgIpc) is 2.36. The fraction of sp³-hybridized carbons (Fsp3) is 0.417. The highest BCUT2D eigenvalue weighted by Crippen LogP contribution is 2.25. The number of nitrogens with one attached hydrogen (secondary N) is 1. The number of halogens is 2. The van der Waals surface area contributed by atoms with Crippen LogP contribution in [0.25, 0.3) is 0 Å². The Bertz CT molecular complexity index is 589. The van der Waals surface area contributed by atoms with Crippen molar-refractivity contribution in [3.05, 3.63) is 28.2 Å². The number of aliphatic carboxylic acids is 1. The molecule has 0 bridgehead atoms. The maximum absolute atomic E-state index is 12.2. The van der Waals surface area contributed by atoms with Crippen molar-refractivity contribution in [2.24, 2.45) is 0 Å². The van der Waals surface area contributed by atoms with Crippen molar-refractivity contribution in [3.8, 4) is 0 Å². The zero-order chi connectivity index (χ0) is 15.3. The summed E-state index contributed by atoms with van der Waals surface area (Å²) in [5.74, 6) is -1.22. The van der Waals surface area contributed by atoms with Crippen molar-refractivity contribution in [3.63, 3.8) is 0 Å². The highest BCUT2D eigenvalue weighted by atomic mass is 35.5. The first kappa shape index (κ1) is 17.2. The van der Waals surface area contributed by atoms with E-state index in [0.717, 1.165) is 6.42 Å². The Hall–Kier alpha value is -0.820. The number of benzene rings is 1. The first-order valence-electron chi connectivity index (χ1n) is 5.98. The van der Waals surface area contributed by atoms with Gasteiger partial charge >= 0.3 is 5.97 Å². The average molecular weight is 340 g/mol. The molecule has 0 aliphatic rings. The Labute approximate surface area is 127 Å². The molecule has 1 unspecified atom stereocenters. The van der Waals surface area contributed by atoms with Crippen molar-refractivity contribution >= 4 is 39.2 Å². The molecule has 0 saturated heterocycles. The van der Waals surface area contributed by atoms with Gasteiger partial charge in [0.1, 0.15) is 10.9 Å². The Morgan fingerprint density at radius 2 is 2.05 bits per heavy atom. The lowest BCUT2D eigenvalue weighted by molar-refractivity contribution is -0.139. The molecule has 1 atom stereocenters.